The summed E-state index contributed by atoms with van der Waals surface area (Å²) in [6.45, 7) is 6.35. The minimum atomic E-state index is -0.793. The van der Waals surface area contributed by atoms with E-state index in [1.807, 2.05) is 24.3 Å². The fraction of sp³-hybridized carbons (Fsp3) is 0.214. The number of amides is 1. The zero-order chi connectivity index (χ0) is 24.6. The molecule has 1 atom stereocenters. The Morgan fingerprint density at radius 1 is 0.912 bits per heavy atom. The largest absolute Gasteiger partial charge is 0.507 e. The van der Waals surface area contributed by atoms with Gasteiger partial charge in [-0.3, -0.25) is 14.5 Å². The van der Waals surface area contributed by atoms with E-state index in [1.165, 1.54) is 4.90 Å². The number of benzene rings is 3. The van der Waals surface area contributed by atoms with Gasteiger partial charge in [0.2, 0.25) is 0 Å². The normalized spacial score (nSPS) is 17.8. The van der Waals surface area contributed by atoms with Crippen LogP contribution in [0.3, 0.4) is 0 Å². The first-order valence-corrected chi connectivity index (χ1v) is 11.3. The van der Waals surface area contributed by atoms with Crippen molar-refractivity contribution in [2.24, 2.45) is 0 Å². The summed E-state index contributed by atoms with van der Waals surface area (Å²) in [4.78, 5) is 27.9. The van der Waals surface area contributed by atoms with Gasteiger partial charge in [0.1, 0.15) is 11.5 Å². The number of hydrogen-bond donors (Lipinski definition) is 1. The predicted octanol–water partition coefficient (Wildman–Crippen LogP) is 6.27. The van der Waals surface area contributed by atoms with Crippen molar-refractivity contribution in [2.75, 3.05) is 12.0 Å². The molecular formula is C28H26ClNO4. The molecule has 3 aromatic rings. The number of aliphatic hydroxyl groups is 1. The standard InChI is InChI=1S/C28H26ClNO4/c1-28(2,3)19-9-5-17(6-10-19)24-23(25(31)18-7-11-20(29)12-8-18)26(32)27(33)30(24)21-13-15-22(34-4)16-14-21/h5-16,24,31H,1-4H3/b25-23-. The molecular weight excluding hydrogens is 450 g/mol. The molecule has 1 heterocycles. The minimum absolute atomic E-state index is 0.0339. The fourth-order valence-corrected chi connectivity index (χ4v) is 4.21. The average Bonchev–Trinajstić information content (AvgIpc) is 3.09. The van der Waals surface area contributed by atoms with Crippen molar-refractivity contribution in [3.63, 3.8) is 0 Å². The number of aliphatic hydroxyl groups excluding tert-OH is 1. The number of Topliss-reactive ketones (excluding diaryl/α,β-unsaturated/α-hetero) is 1. The van der Waals surface area contributed by atoms with Gasteiger partial charge >= 0.3 is 0 Å². The maximum atomic E-state index is 13.2. The van der Waals surface area contributed by atoms with E-state index >= 15 is 0 Å². The molecule has 1 amide bonds. The second kappa shape index (κ2) is 8.99. The number of carbonyl (C=O) groups excluding carboxylic acids is 2. The van der Waals surface area contributed by atoms with Gasteiger partial charge in [0.15, 0.2) is 0 Å². The Balaban J connectivity index is 1.90. The van der Waals surface area contributed by atoms with Crippen molar-refractivity contribution in [2.45, 2.75) is 32.2 Å². The van der Waals surface area contributed by atoms with Crippen LogP contribution in [-0.2, 0) is 15.0 Å². The van der Waals surface area contributed by atoms with Gasteiger partial charge in [-0.1, -0.05) is 56.6 Å². The molecule has 0 aromatic heterocycles. The smallest absolute Gasteiger partial charge is 0.300 e. The highest BCUT2D eigenvalue weighted by atomic mass is 35.5. The van der Waals surface area contributed by atoms with Crippen LogP contribution in [0.4, 0.5) is 5.69 Å². The highest BCUT2D eigenvalue weighted by Crippen LogP contribution is 2.43. The second-order valence-corrected chi connectivity index (χ2v) is 9.68. The van der Waals surface area contributed by atoms with Crippen molar-refractivity contribution in [1.29, 1.82) is 0 Å². The van der Waals surface area contributed by atoms with E-state index in [9.17, 15) is 14.7 Å². The summed E-state index contributed by atoms with van der Waals surface area (Å²) < 4.78 is 5.23. The lowest BCUT2D eigenvalue weighted by atomic mass is 9.85. The third-order valence-corrected chi connectivity index (χ3v) is 6.26. The Labute approximate surface area is 204 Å². The SMILES string of the molecule is COc1ccc(N2C(=O)C(=O)/C(=C(\O)c3ccc(Cl)cc3)C2c2ccc(C(C)(C)C)cc2)cc1. The number of ether oxygens (including phenoxy) is 1. The summed E-state index contributed by atoms with van der Waals surface area (Å²) >= 11 is 5.99. The molecule has 0 radical (unpaired) electrons. The maximum absolute atomic E-state index is 13.2. The number of hydrogen-bond acceptors (Lipinski definition) is 4. The topological polar surface area (TPSA) is 66.8 Å². The van der Waals surface area contributed by atoms with Crippen LogP contribution in [0.1, 0.15) is 43.5 Å². The molecule has 0 spiro atoms. The molecule has 1 aliphatic heterocycles. The lowest BCUT2D eigenvalue weighted by Gasteiger charge is -2.26. The summed E-state index contributed by atoms with van der Waals surface area (Å²) in [5.41, 5.74) is 2.76. The quantitative estimate of drug-likeness (QED) is 0.274. The van der Waals surface area contributed by atoms with Crippen molar-refractivity contribution < 1.29 is 19.4 Å². The van der Waals surface area contributed by atoms with E-state index in [-0.39, 0.29) is 16.7 Å². The number of halogens is 1. The second-order valence-electron chi connectivity index (χ2n) is 9.25. The first-order chi connectivity index (χ1) is 16.1. The Morgan fingerprint density at radius 3 is 2.03 bits per heavy atom. The summed E-state index contributed by atoms with van der Waals surface area (Å²) in [7, 11) is 1.56. The zero-order valence-corrected chi connectivity index (χ0v) is 20.3. The number of carbonyl (C=O) groups is 2. The summed E-state index contributed by atoms with van der Waals surface area (Å²) in [5.74, 6) is -1.05. The molecule has 1 aliphatic rings. The van der Waals surface area contributed by atoms with E-state index in [2.05, 4.69) is 20.8 Å². The first-order valence-electron chi connectivity index (χ1n) is 10.9. The van der Waals surface area contributed by atoms with Gasteiger partial charge in [0.05, 0.1) is 18.7 Å². The van der Waals surface area contributed by atoms with E-state index < -0.39 is 17.7 Å². The molecule has 1 N–H and O–H groups in total. The monoisotopic (exact) mass is 475 g/mol. The van der Waals surface area contributed by atoms with Gasteiger partial charge < -0.3 is 9.84 Å². The molecule has 4 rings (SSSR count). The van der Waals surface area contributed by atoms with Crippen LogP contribution >= 0.6 is 11.6 Å². The van der Waals surface area contributed by atoms with Crippen LogP contribution in [-0.4, -0.2) is 23.9 Å². The van der Waals surface area contributed by atoms with Gasteiger partial charge in [-0.2, -0.15) is 0 Å². The number of anilines is 1. The fourth-order valence-electron chi connectivity index (χ4n) is 4.09. The molecule has 1 unspecified atom stereocenters. The van der Waals surface area contributed by atoms with E-state index in [4.69, 9.17) is 16.3 Å². The number of rotatable bonds is 4. The van der Waals surface area contributed by atoms with Gasteiger partial charge in [0.25, 0.3) is 11.7 Å². The van der Waals surface area contributed by atoms with Crippen molar-refractivity contribution in [3.8, 4) is 5.75 Å². The Morgan fingerprint density at radius 2 is 1.50 bits per heavy atom. The lowest BCUT2D eigenvalue weighted by molar-refractivity contribution is -0.132. The molecule has 174 valence electrons. The Hall–Kier alpha value is -3.57. The third kappa shape index (κ3) is 4.31. The van der Waals surface area contributed by atoms with E-state index in [1.54, 1.807) is 55.6 Å². The Bertz CT molecular complexity index is 1250. The minimum Gasteiger partial charge on any atom is -0.507 e. The highest BCUT2D eigenvalue weighted by Gasteiger charge is 2.47. The first kappa shape index (κ1) is 23.6. The Kier molecular flexibility index (Phi) is 6.24. The lowest BCUT2D eigenvalue weighted by Crippen LogP contribution is -2.29. The van der Waals surface area contributed by atoms with Crippen LogP contribution < -0.4 is 9.64 Å². The van der Waals surface area contributed by atoms with Gasteiger partial charge in [-0.15, -0.1) is 0 Å². The summed E-state index contributed by atoms with van der Waals surface area (Å²) in [5, 5.41) is 11.7. The van der Waals surface area contributed by atoms with Crippen molar-refractivity contribution in [1.82, 2.24) is 0 Å². The van der Waals surface area contributed by atoms with Crippen LogP contribution in [0.25, 0.3) is 5.76 Å². The molecule has 3 aromatic carbocycles. The molecule has 0 saturated carbocycles. The van der Waals surface area contributed by atoms with E-state index in [0.29, 0.717) is 22.0 Å². The van der Waals surface area contributed by atoms with Crippen LogP contribution in [0.15, 0.2) is 78.4 Å². The van der Waals surface area contributed by atoms with Gasteiger partial charge in [-0.25, -0.2) is 0 Å². The number of ketones is 1. The molecule has 1 fully saturated rings. The van der Waals surface area contributed by atoms with Gasteiger partial charge in [0, 0.05) is 16.3 Å². The van der Waals surface area contributed by atoms with Crippen LogP contribution in [0, 0.1) is 0 Å². The molecule has 1 saturated heterocycles. The van der Waals surface area contributed by atoms with Crippen LogP contribution in [0.5, 0.6) is 5.75 Å². The molecule has 0 aliphatic carbocycles. The van der Waals surface area contributed by atoms with Gasteiger partial charge in [-0.05, 0) is 65.1 Å². The summed E-state index contributed by atoms with van der Waals surface area (Å²) in [6.07, 6.45) is 0. The number of nitrogens with zero attached hydrogens (tertiary/aromatic N) is 1. The predicted molar refractivity (Wildman–Crippen MR) is 134 cm³/mol. The van der Waals surface area contributed by atoms with Crippen molar-refractivity contribution in [3.05, 3.63) is 100 Å². The van der Waals surface area contributed by atoms with E-state index in [0.717, 1.165) is 11.1 Å². The number of methoxy groups -OCH3 is 1. The van der Waals surface area contributed by atoms with Crippen LogP contribution in [0.2, 0.25) is 5.02 Å². The van der Waals surface area contributed by atoms with Crippen molar-refractivity contribution >= 4 is 34.7 Å². The zero-order valence-electron chi connectivity index (χ0n) is 19.5. The third-order valence-electron chi connectivity index (χ3n) is 6.01. The highest BCUT2D eigenvalue weighted by molar-refractivity contribution is 6.51. The molecule has 34 heavy (non-hydrogen) atoms. The average molecular weight is 476 g/mol. The summed E-state index contributed by atoms with van der Waals surface area (Å²) in [6, 6.07) is 20.4. The molecule has 0 bridgehead atoms. The molecule has 5 nitrogen and oxygen atoms in total. The molecule has 6 heteroatoms. The maximum Gasteiger partial charge on any atom is 0.300 e.